The van der Waals surface area contributed by atoms with Crippen LogP contribution in [0.5, 0.6) is 0 Å². The van der Waals surface area contributed by atoms with Crippen molar-refractivity contribution in [2.24, 2.45) is 5.10 Å². The summed E-state index contributed by atoms with van der Waals surface area (Å²) in [5.74, 6) is 0. The van der Waals surface area contributed by atoms with E-state index in [9.17, 15) is 8.42 Å². The van der Waals surface area contributed by atoms with E-state index in [2.05, 4.69) is 15.5 Å². The van der Waals surface area contributed by atoms with Gasteiger partial charge in [0.15, 0.2) is 0 Å². The number of benzene rings is 3. The number of aromatic nitrogens is 1. The number of hydrogen-bond acceptors (Lipinski definition) is 6. The molecule has 0 aliphatic carbocycles. The van der Waals surface area contributed by atoms with Crippen LogP contribution in [0.1, 0.15) is 5.56 Å². The van der Waals surface area contributed by atoms with Gasteiger partial charge >= 0.3 is 0 Å². The number of hydrazone groups is 1. The van der Waals surface area contributed by atoms with Gasteiger partial charge in [0.25, 0.3) is 0 Å². The Hall–Kier alpha value is -3.00. The zero-order valence-electron chi connectivity index (χ0n) is 15.6. The van der Waals surface area contributed by atoms with E-state index in [1.165, 1.54) is 23.5 Å². The molecule has 1 aromatic heterocycles. The van der Waals surface area contributed by atoms with Crippen molar-refractivity contribution in [1.29, 1.82) is 0 Å². The first-order valence-corrected chi connectivity index (χ1v) is 11.7. The SMILES string of the molecule is O=S(=O)(c1ccc(Cl)cc1)c1ccc(C=NNc2nc(-c3ccccc3)cs2)cc1. The van der Waals surface area contributed by atoms with Crippen molar-refractivity contribution in [3.63, 3.8) is 0 Å². The molecule has 1 N–H and O–H groups in total. The van der Waals surface area contributed by atoms with Crippen molar-refractivity contribution < 1.29 is 8.42 Å². The highest BCUT2D eigenvalue weighted by Crippen LogP contribution is 2.25. The highest BCUT2D eigenvalue weighted by atomic mass is 35.5. The minimum Gasteiger partial charge on any atom is -0.253 e. The third-order valence-corrected chi connectivity index (χ3v) is 7.05. The normalized spacial score (nSPS) is 11.6. The molecule has 0 amide bonds. The second-order valence-corrected chi connectivity index (χ2v) is 9.54. The van der Waals surface area contributed by atoms with E-state index < -0.39 is 9.84 Å². The fourth-order valence-electron chi connectivity index (χ4n) is 2.71. The molecular formula is C22H16ClN3O2S2. The smallest absolute Gasteiger partial charge is 0.206 e. The molecule has 0 radical (unpaired) electrons. The van der Waals surface area contributed by atoms with Gasteiger partial charge in [-0.15, -0.1) is 11.3 Å². The van der Waals surface area contributed by atoms with Gasteiger partial charge in [0, 0.05) is 16.0 Å². The van der Waals surface area contributed by atoms with Crippen LogP contribution in [0.25, 0.3) is 11.3 Å². The van der Waals surface area contributed by atoms with E-state index in [0.29, 0.717) is 10.2 Å². The average molecular weight is 454 g/mol. The van der Waals surface area contributed by atoms with Crippen LogP contribution in [0.2, 0.25) is 5.02 Å². The maximum absolute atomic E-state index is 12.7. The maximum atomic E-state index is 12.7. The van der Waals surface area contributed by atoms with E-state index in [1.54, 1.807) is 42.6 Å². The zero-order chi connectivity index (χ0) is 21.0. The molecule has 0 saturated carbocycles. The Kier molecular flexibility index (Phi) is 5.94. The highest BCUT2D eigenvalue weighted by molar-refractivity contribution is 7.91. The van der Waals surface area contributed by atoms with E-state index in [4.69, 9.17) is 11.6 Å². The molecule has 8 heteroatoms. The van der Waals surface area contributed by atoms with Gasteiger partial charge < -0.3 is 0 Å². The first kappa shape index (κ1) is 20.3. The number of sulfone groups is 1. The van der Waals surface area contributed by atoms with Crippen LogP contribution in [-0.4, -0.2) is 19.6 Å². The predicted molar refractivity (Wildman–Crippen MR) is 122 cm³/mol. The molecule has 0 spiro atoms. The van der Waals surface area contributed by atoms with Crippen molar-refractivity contribution in [1.82, 2.24) is 4.98 Å². The van der Waals surface area contributed by atoms with Crippen LogP contribution < -0.4 is 5.43 Å². The highest BCUT2D eigenvalue weighted by Gasteiger charge is 2.17. The first-order valence-electron chi connectivity index (χ1n) is 8.93. The van der Waals surface area contributed by atoms with Crippen molar-refractivity contribution in [2.45, 2.75) is 9.79 Å². The van der Waals surface area contributed by atoms with Gasteiger partial charge in [-0.3, -0.25) is 5.43 Å². The Morgan fingerprint density at radius 1 is 0.900 bits per heavy atom. The zero-order valence-corrected chi connectivity index (χ0v) is 18.0. The molecule has 0 aliphatic heterocycles. The number of nitrogens with one attached hydrogen (secondary N) is 1. The average Bonchev–Trinajstić information content (AvgIpc) is 3.24. The van der Waals surface area contributed by atoms with Gasteiger partial charge in [-0.05, 0) is 42.0 Å². The van der Waals surface area contributed by atoms with Gasteiger partial charge in [-0.25, -0.2) is 13.4 Å². The standard InChI is InChI=1S/C22H16ClN3O2S2/c23-18-8-12-20(13-9-18)30(27,28)19-10-6-16(7-11-19)14-24-26-22-25-21(15-29-22)17-4-2-1-3-5-17/h1-15H,(H,25,26). The predicted octanol–water partition coefficient (Wildman–Crippen LogP) is 5.74. The van der Waals surface area contributed by atoms with Gasteiger partial charge in [-0.1, -0.05) is 54.1 Å². The van der Waals surface area contributed by atoms with Crippen molar-refractivity contribution in [3.8, 4) is 11.3 Å². The molecule has 0 atom stereocenters. The summed E-state index contributed by atoms with van der Waals surface area (Å²) in [5.41, 5.74) is 5.60. The fraction of sp³-hybridized carbons (Fsp3) is 0. The Labute approximate surface area is 183 Å². The topological polar surface area (TPSA) is 71.4 Å². The van der Waals surface area contributed by atoms with Gasteiger partial charge in [0.1, 0.15) is 0 Å². The lowest BCUT2D eigenvalue weighted by molar-refractivity contribution is 0.596. The lowest BCUT2D eigenvalue weighted by Crippen LogP contribution is -2.02. The summed E-state index contributed by atoms with van der Waals surface area (Å²) in [6.07, 6.45) is 1.61. The molecule has 4 aromatic rings. The molecular weight excluding hydrogens is 438 g/mol. The number of nitrogens with zero attached hydrogens (tertiary/aromatic N) is 2. The molecule has 0 fully saturated rings. The quantitative estimate of drug-likeness (QED) is 0.298. The summed E-state index contributed by atoms with van der Waals surface area (Å²) >= 11 is 7.29. The Balaban J connectivity index is 1.43. The second-order valence-electron chi connectivity index (χ2n) is 6.30. The molecule has 30 heavy (non-hydrogen) atoms. The van der Waals surface area contributed by atoms with Gasteiger partial charge in [0.2, 0.25) is 15.0 Å². The monoisotopic (exact) mass is 453 g/mol. The first-order chi connectivity index (χ1) is 14.5. The third kappa shape index (κ3) is 4.59. The molecule has 3 aromatic carbocycles. The second kappa shape index (κ2) is 8.79. The van der Waals surface area contributed by atoms with E-state index >= 15 is 0 Å². The van der Waals surface area contributed by atoms with Gasteiger partial charge in [-0.2, -0.15) is 5.10 Å². The lowest BCUT2D eigenvalue weighted by atomic mass is 10.2. The Morgan fingerprint density at radius 3 is 2.20 bits per heavy atom. The Morgan fingerprint density at radius 2 is 1.53 bits per heavy atom. The van der Waals surface area contributed by atoms with Crippen molar-refractivity contribution in [2.75, 3.05) is 5.43 Å². The number of anilines is 1. The molecule has 0 saturated heterocycles. The number of thiazole rings is 1. The molecule has 0 bridgehead atoms. The van der Waals surface area contributed by atoms with Crippen molar-refractivity contribution >= 4 is 44.1 Å². The summed E-state index contributed by atoms with van der Waals surface area (Å²) < 4.78 is 25.4. The van der Waals surface area contributed by atoms with Gasteiger partial charge in [0.05, 0.1) is 21.7 Å². The molecule has 4 rings (SSSR count). The summed E-state index contributed by atoms with van der Waals surface area (Å²) in [7, 11) is -3.59. The van der Waals surface area contributed by atoms with E-state index in [-0.39, 0.29) is 9.79 Å². The number of halogens is 1. The largest absolute Gasteiger partial charge is 0.253 e. The van der Waals surface area contributed by atoms with Crippen LogP contribution in [-0.2, 0) is 9.84 Å². The molecule has 5 nitrogen and oxygen atoms in total. The van der Waals surface area contributed by atoms with Crippen LogP contribution in [0.4, 0.5) is 5.13 Å². The third-order valence-electron chi connectivity index (χ3n) is 4.26. The molecule has 150 valence electrons. The van der Waals surface area contributed by atoms with Crippen LogP contribution in [0.15, 0.2) is 99.1 Å². The van der Waals surface area contributed by atoms with Crippen LogP contribution in [0.3, 0.4) is 0 Å². The summed E-state index contributed by atoms with van der Waals surface area (Å²) in [4.78, 5) is 4.92. The minimum atomic E-state index is -3.59. The van der Waals surface area contributed by atoms with Crippen LogP contribution >= 0.6 is 22.9 Å². The number of hydrogen-bond donors (Lipinski definition) is 1. The molecule has 0 aliphatic rings. The summed E-state index contributed by atoms with van der Waals surface area (Å²) in [6, 6.07) is 22.5. The van der Waals surface area contributed by atoms with E-state index in [0.717, 1.165) is 16.8 Å². The van der Waals surface area contributed by atoms with Crippen LogP contribution in [0, 0.1) is 0 Å². The minimum absolute atomic E-state index is 0.202. The summed E-state index contributed by atoms with van der Waals surface area (Å²) in [6.45, 7) is 0. The Bertz CT molecular complexity index is 1270. The number of rotatable bonds is 6. The van der Waals surface area contributed by atoms with Crippen molar-refractivity contribution in [3.05, 3.63) is 94.8 Å². The molecule has 1 heterocycles. The van der Waals surface area contributed by atoms with E-state index in [1.807, 2.05) is 35.7 Å². The summed E-state index contributed by atoms with van der Waals surface area (Å²) in [5, 5.41) is 7.31. The molecule has 0 unspecified atom stereocenters. The fourth-order valence-corrected chi connectivity index (χ4v) is 4.77. The lowest BCUT2D eigenvalue weighted by Gasteiger charge is -2.05. The maximum Gasteiger partial charge on any atom is 0.206 e.